The van der Waals surface area contributed by atoms with E-state index < -0.39 is 11.6 Å². The molecule has 0 unspecified atom stereocenters. The molecule has 2 N–H and O–H groups in total. The third-order valence-electron chi connectivity index (χ3n) is 2.03. The molecular formula is C11H8F2N2. The Morgan fingerprint density at radius 3 is 2.53 bits per heavy atom. The fourth-order valence-electron chi connectivity index (χ4n) is 1.28. The summed E-state index contributed by atoms with van der Waals surface area (Å²) in [6, 6.07) is 7.27. The maximum atomic E-state index is 13.5. The number of pyridine rings is 1. The Balaban J connectivity index is 2.54. The van der Waals surface area contributed by atoms with Crippen molar-refractivity contribution in [3.05, 3.63) is 48.2 Å². The maximum absolute atomic E-state index is 13.5. The molecular weight excluding hydrogens is 198 g/mol. The minimum absolute atomic E-state index is 0.0543. The van der Waals surface area contributed by atoms with E-state index in [0.717, 1.165) is 6.20 Å². The molecule has 0 radical (unpaired) electrons. The largest absolute Gasteiger partial charge is 0.396 e. The molecule has 2 nitrogen and oxygen atoms in total. The smallest absolute Gasteiger partial charge is 0.155 e. The predicted octanol–water partition coefficient (Wildman–Crippen LogP) is 2.61. The summed E-state index contributed by atoms with van der Waals surface area (Å²) in [6.45, 7) is 0. The van der Waals surface area contributed by atoms with Gasteiger partial charge in [0.2, 0.25) is 0 Å². The lowest BCUT2D eigenvalue weighted by Gasteiger charge is -2.04. The first-order chi connectivity index (χ1) is 7.18. The van der Waals surface area contributed by atoms with Crippen LogP contribution in [0.5, 0.6) is 0 Å². The van der Waals surface area contributed by atoms with Crippen molar-refractivity contribution in [2.75, 3.05) is 5.73 Å². The fourth-order valence-corrected chi connectivity index (χ4v) is 1.28. The summed E-state index contributed by atoms with van der Waals surface area (Å²) in [4.78, 5) is 3.78. The highest BCUT2D eigenvalue weighted by molar-refractivity contribution is 5.65. The Morgan fingerprint density at radius 2 is 1.87 bits per heavy atom. The van der Waals surface area contributed by atoms with E-state index in [0.29, 0.717) is 5.69 Å². The lowest BCUT2D eigenvalue weighted by Crippen LogP contribution is -1.94. The van der Waals surface area contributed by atoms with Crippen LogP contribution in [0.4, 0.5) is 14.5 Å². The molecule has 0 aliphatic heterocycles. The lowest BCUT2D eigenvalue weighted by molar-refractivity contribution is 0.620. The molecule has 0 amide bonds. The Kier molecular flexibility index (Phi) is 2.33. The van der Waals surface area contributed by atoms with Crippen molar-refractivity contribution >= 4 is 5.69 Å². The zero-order valence-corrected chi connectivity index (χ0v) is 7.74. The molecule has 0 aliphatic carbocycles. The van der Waals surface area contributed by atoms with Crippen LogP contribution < -0.4 is 5.73 Å². The van der Waals surface area contributed by atoms with E-state index in [4.69, 9.17) is 5.73 Å². The molecule has 0 bridgehead atoms. The first-order valence-electron chi connectivity index (χ1n) is 4.34. The molecule has 2 aromatic rings. The third-order valence-corrected chi connectivity index (χ3v) is 2.03. The van der Waals surface area contributed by atoms with Crippen LogP contribution in [0.25, 0.3) is 11.3 Å². The van der Waals surface area contributed by atoms with Gasteiger partial charge in [0, 0.05) is 5.56 Å². The summed E-state index contributed by atoms with van der Waals surface area (Å²) in [5.74, 6) is -0.986. The predicted molar refractivity (Wildman–Crippen MR) is 54.0 cm³/mol. The zero-order chi connectivity index (χ0) is 10.8. The van der Waals surface area contributed by atoms with Crippen LogP contribution >= 0.6 is 0 Å². The van der Waals surface area contributed by atoms with Crippen molar-refractivity contribution in [1.82, 2.24) is 4.98 Å². The summed E-state index contributed by atoms with van der Waals surface area (Å²) in [5.41, 5.74) is 6.10. The lowest BCUT2D eigenvalue weighted by atomic mass is 10.1. The van der Waals surface area contributed by atoms with E-state index in [2.05, 4.69) is 4.98 Å². The summed E-state index contributed by atoms with van der Waals surface area (Å²) in [7, 11) is 0. The van der Waals surface area contributed by atoms with Gasteiger partial charge in [-0.05, 0) is 24.3 Å². The monoisotopic (exact) mass is 206 g/mol. The van der Waals surface area contributed by atoms with Crippen molar-refractivity contribution in [1.29, 1.82) is 0 Å². The number of anilines is 1. The summed E-state index contributed by atoms with van der Waals surface area (Å²) in [5, 5.41) is 0. The molecule has 1 aromatic carbocycles. The van der Waals surface area contributed by atoms with Gasteiger partial charge >= 0.3 is 0 Å². The number of nitrogens with two attached hydrogens (primary N) is 1. The van der Waals surface area contributed by atoms with Gasteiger partial charge in [0.25, 0.3) is 0 Å². The minimum atomic E-state index is -0.531. The molecule has 0 fully saturated rings. The molecule has 0 spiro atoms. The van der Waals surface area contributed by atoms with E-state index in [-0.39, 0.29) is 11.3 Å². The highest BCUT2D eigenvalue weighted by atomic mass is 19.1. The van der Waals surface area contributed by atoms with Gasteiger partial charge < -0.3 is 5.73 Å². The van der Waals surface area contributed by atoms with E-state index >= 15 is 0 Å². The normalized spacial score (nSPS) is 10.3. The van der Waals surface area contributed by atoms with Crippen LogP contribution in [0, 0.1) is 11.6 Å². The molecule has 15 heavy (non-hydrogen) atoms. The van der Waals surface area contributed by atoms with Gasteiger partial charge in [0.1, 0.15) is 5.82 Å². The Bertz CT molecular complexity index is 480. The van der Waals surface area contributed by atoms with Crippen molar-refractivity contribution in [3.63, 3.8) is 0 Å². The molecule has 1 aromatic heterocycles. The summed E-state index contributed by atoms with van der Waals surface area (Å²) >= 11 is 0. The molecule has 1 heterocycles. The number of nitrogen functional groups attached to an aromatic ring is 1. The van der Waals surface area contributed by atoms with Crippen molar-refractivity contribution in [3.8, 4) is 11.3 Å². The summed E-state index contributed by atoms with van der Waals surface area (Å²) in [6.07, 6.45) is 1.04. The second-order valence-corrected chi connectivity index (χ2v) is 3.07. The Morgan fingerprint density at radius 1 is 1.07 bits per heavy atom. The van der Waals surface area contributed by atoms with Crippen LogP contribution in [0.2, 0.25) is 0 Å². The first-order valence-corrected chi connectivity index (χ1v) is 4.34. The van der Waals surface area contributed by atoms with Crippen LogP contribution in [0.1, 0.15) is 0 Å². The van der Waals surface area contributed by atoms with E-state index in [1.807, 2.05) is 0 Å². The molecule has 2 rings (SSSR count). The fraction of sp³-hybridized carbons (Fsp3) is 0. The quantitative estimate of drug-likeness (QED) is 0.728. The van der Waals surface area contributed by atoms with Gasteiger partial charge in [-0.15, -0.1) is 0 Å². The average Bonchev–Trinajstić information content (AvgIpc) is 2.24. The number of aromatic nitrogens is 1. The number of halogens is 2. The zero-order valence-electron chi connectivity index (χ0n) is 7.74. The van der Waals surface area contributed by atoms with Gasteiger partial charge in [0.05, 0.1) is 17.6 Å². The van der Waals surface area contributed by atoms with E-state index in [9.17, 15) is 8.78 Å². The second-order valence-electron chi connectivity index (χ2n) is 3.07. The van der Waals surface area contributed by atoms with Crippen molar-refractivity contribution in [2.24, 2.45) is 0 Å². The highest BCUT2D eigenvalue weighted by Gasteiger charge is 2.08. The third kappa shape index (κ3) is 1.79. The van der Waals surface area contributed by atoms with Gasteiger partial charge in [-0.2, -0.15) is 0 Å². The van der Waals surface area contributed by atoms with Crippen molar-refractivity contribution in [2.45, 2.75) is 0 Å². The molecule has 0 atom stereocenters. The van der Waals surface area contributed by atoms with Crippen LogP contribution in [-0.2, 0) is 0 Å². The van der Waals surface area contributed by atoms with Gasteiger partial charge in [0.15, 0.2) is 5.82 Å². The topological polar surface area (TPSA) is 38.9 Å². The van der Waals surface area contributed by atoms with Gasteiger partial charge in [-0.3, -0.25) is 4.98 Å². The van der Waals surface area contributed by atoms with Crippen LogP contribution in [-0.4, -0.2) is 4.98 Å². The Hall–Kier alpha value is -1.97. The van der Waals surface area contributed by atoms with E-state index in [1.165, 1.54) is 18.2 Å². The Labute approximate surface area is 85.4 Å². The minimum Gasteiger partial charge on any atom is -0.396 e. The first kappa shape index (κ1) is 9.58. The maximum Gasteiger partial charge on any atom is 0.155 e. The second kappa shape index (κ2) is 3.65. The molecule has 0 aliphatic rings. The number of hydrogen-bond donors (Lipinski definition) is 1. The van der Waals surface area contributed by atoms with Gasteiger partial charge in [-0.25, -0.2) is 8.78 Å². The average molecular weight is 206 g/mol. The van der Waals surface area contributed by atoms with Crippen molar-refractivity contribution < 1.29 is 8.78 Å². The molecule has 0 saturated heterocycles. The molecule has 0 saturated carbocycles. The van der Waals surface area contributed by atoms with E-state index in [1.54, 1.807) is 12.1 Å². The number of hydrogen-bond acceptors (Lipinski definition) is 2. The number of benzene rings is 1. The SMILES string of the molecule is Nc1cccc(-c2ccc(F)cn2)c1F. The van der Waals surface area contributed by atoms with Gasteiger partial charge in [-0.1, -0.05) is 6.07 Å². The molecule has 76 valence electrons. The highest BCUT2D eigenvalue weighted by Crippen LogP contribution is 2.24. The van der Waals surface area contributed by atoms with Crippen LogP contribution in [0.3, 0.4) is 0 Å². The summed E-state index contributed by atoms with van der Waals surface area (Å²) < 4.78 is 26.1. The van der Waals surface area contributed by atoms with Crippen LogP contribution in [0.15, 0.2) is 36.5 Å². The standard InChI is InChI=1S/C11H8F2N2/c12-7-4-5-10(15-6-7)8-2-1-3-9(14)11(8)13/h1-6H,14H2. The number of rotatable bonds is 1. The number of nitrogens with zero attached hydrogens (tertiary/aromatic N) is 1. The molecule has 4 heteroatoms.